The molecule has 0 aliphatic heterocycles. The van der Waals surface area contributed by atoms with Crippen LogP contribution in [0.1, 0.15) is 31.1 Å². The van der Waals surface area contributed by atoms with E-state index in [-0.39, 0.29) is 0 Å². The van der Waals surface area contributed by atoms with E-state index in [4.69, 9.17) is 10.5 Å². The van der Waals surface area contributed by atoms with E-state index in [1.165, 1.54) is 6.20 Å². The molecule has 0 aliphatic carbocycles. The zero-order valence-electron chi connectivity index (χ0n) is 12.6. The first-order chi connectivity index (χ1) is 9.45. The van der Waals surface area contributed by atoms with Crippen LogP contribution in [0.2, 0.25) is 0 Å². The van der Waals surface area contributed by atoms with Crippen molar-refractivity contribution in [3.05, 3.63) is 17.8 Å². The Kier molecular flexibility index (Phi) is 6.24. The van der Waals surface area contributed by atoms with Gasteiger partial charge in [0.25, 0.3) is 0 Å². The first-order valence-corrected chi connectivity index (χ1v) is 6.82. The van der Waals surface area contributed by atoms with E-state index in [0.717, 1.165) is 13.1 Å². The van der Waals surface area contributed by atoms with Crippen molar-refractivity contribution in [2.75, 3.05) is 37.8 Å². The van der Waals surface area contributed by atoms with Gasteiger partial charge in [-0.25, -0.2) is 9.78 Å². The summed E-state index contributed by atoms with van der Waals surface area (Å²) in [4.78, 5) is 18.1. The summed E-state index contributed by atoms with van der Waals surface area (Å²) in [6.07, 6.45) is 1.47. The van der Waals surface area contributed by atoms with Crippen LogP contribution in [0.5, 0.6) is 0 Å². The summed E-state index contributed by atoms with van der Waals surface area (Å²) in [5.41, 5.74) is 6.41. The molecule has 1 rings (SSSR count). The van der Waals surface area contributed by atoms with Gasteiger partial charge in [0.15, 0.2) is 0 Å². The molecule has 0 unspecified atom stereocenters. The highest BCUT2D eigenvalue weighted by Crippen LogP contribution is 2.15. The van der Waals surface area contributed by atoms with E-state index < -0.39 is 5.97 Å². The normalized spacial score (nSPS) is 10.9. The van der Waals surface area contributed by atoms with Crippen molar-refractivity contribution in [2.45, 2.75) is 26.8 Å². The van der Waals surface area contributed by atoms with Crippen LogP contribution in [-0.2, 0) is 4.74 Å². The van der Waals surface area contributed by atoms with Gasteiger partial charge in [-0.2, -0.15) is 0 Å². The van der Waals surface area contributed by atoms with Gasteiger partial charge in [0.1, 0.15) is 5.82 Å². The van der Waals surface area contributed by atoms with Gasteiger partial charge in [-0.3, -0.25) is 0 Å². The van der Waals surface area contributed by atoms with Crippen LogP contribution in [0.3, 0.4) is 0 Å². The van der Waals surface area contributed by atoms with E-state index >= 15 is 0 Å². The molecule has 1 aromatic heterocycles. The molecular formula is C14H24N4O2. The fourth-order valence-electron chi connectivity index (χ4n) is 1.57. The first-order valence-electron chi connectivity index (χ1n) is 6.82. The number of esters is 1. The van der Waals surface area contributed by atoms with E-state index in [2.05, 4.69) is 36.1 Å². The number of hydrogen-bond donors (Lipinski definition) is 2. The number of ether oxygens (including phenoxy) is 1. The van der Waals surface area contributed by atoms with Crippen LogP contribution in [0.4, 0.5) is 11.5 Å². The lowest BCUT2D eigenvalue weighted by atomic mass is 10.2. The minimum absolute atomic E-state index is 0.322. The Bertz CT molecular complexity index is 449. The van der Waals surface area contributed by atoms with Crippen molar-refractivity contribution in [1.29, 1.82) is 0 Å². The highest BCUT2D eigenvalue weighted by Gasteiger charge is 2.12. The average molecular weight is 280 g/mol. The Balaban J connectivity index is 2.63. The number of aromatic nitrogens is 1. The molecule has 0 atom stereocenters. The van der Waals surface area contributed by atoms with Gasteiger partial charge in [-0.05, 0) is 33.9 Å². The lowest BCUT2D eigenvalue weighted by Crippen LogP contribution is -2.31. The zero-order valence-corrected chi connectivity index (χ0v) is 12.6. The molecule has 0 saturated carbocycles. The summed E-state index contributed by atoms with van der Waals surface area (Å²) in [7, 11) is 2.06. The molecule has 0 aromatic carbocycles. The van der Waals surface area contributed by atoms with E-state index in [9.17, 15) is 4.79 Å². The number of nitrogen functional groups attached to an aromatic ring is 1. The molecule has 20 heavy (non-hydrogen) atoms. The van der Waals surface area contributed by atoms with Crippen LogP contribution in [0.15, 0.2) is 12.3 Å². The van der Waals surface area contributed by atoms with Crippen molar-refractivity contribution in [1.82, 2.24) is 9.88 Å². The largest absolute Gasteiger partial charge is 0.462 e. The monoisotopic (exact) mass is 280 g/mol. The number of likely N-dealkylation sites (N-methyl/N-ethyl adjacent to an activating group) is 1. The minimum atomic E-state index is -0.422. The summed E-state index contributed by atoms with van der Waals surface area (Å²) in [5, 5.41) is 3.18. The van der Waals surface area contributed by atoms with Crippen molar-refractivity contribution < 1.29 is 9.53 Å². The number of rotatable bonds is 7. The molecule has 6 heteroatoms. The quantitative estimate of drug-likeness (QED) is 0.738. The van der Waals surface area contributed by atoms with E-state index in [1.54, 1.807) is 13.0 Å². The number of nitrogens with one attached hydrogen (secondary N) is 1. The molecule has 0 amide bonds. The van der Waals surface area contributed by atoms with Gasteiger partial charge in [0, 0.05) is 19.1 Å². The van der Waals surface area contributed by atoms with Crippen molar-refractivity contribution >= 4 is 17.5 Å². The first kappa shape index (κ1) is 16.2. The maximum atomic E-state index is 11.7. The third-order valence-corrected chi connectivity index (χ3v) is 3.08. The predicted octanol–water partition coefficient (Wildman–Crippen LogP) is 1.59. The fourth-order valence-corrected chi connectivity index (χ4v) is 1.57. The smallest absolute Gasteiger partial charge is 0.340 e. The molecular weight excluding hydrogens is 256 g/mol. The predicted molar refractivity (Wildman–Crippen MR) is 80.9 cm³/mol. The number of nitrogens with zero attached hydrogens (tertiary/aromatic N) is 2. The Morgan fingerprint density at radius 1 is 1.55 bits per heavy atom. The Morgan fingerprint density at radius 3 is 2.85 bits per heavy atom. The molecule has 1 aromatic rings. The Hall–Kier alpha value is -1.82. The van der Waals surface area contributed by atoms with E-state index in [0.29, 0.717) is 29.7 Å². The minimum Gasteiger partial charge on any atom is -0.462 e. The highest BCUT2D eigenvalue weighted by atomic mass is 16.5. The number of carbonyl (C=O) groups excluding carboxylic acids is 1. The molecule has 112 valence electrons. The number of nitrogens with two attached hydrogens (primary N) is 1. The van der Waals surface area contributed by atoms with Crippen molar-refractivity contribution in [2.24, 2.45) is 0 Å². The third-order valence-electron chi connectivity index (χ3n) is 3.08. The maximum absolute atomic E-state index is 11.7. The standard InChI is InChI=1S/C14H24N4O2/c1-5-20-14(19)11-8-13(17-9-12(11)15)16-6-7-18(4)10(2)3/h8-10H,5-7,15H2,1-4H3,(H,16,17). The number of anilines is 2. The van der Waals surface area contributed by atoms with Gasteiger partial charge in [0.05, 0.1) is 24.1 Å². The second-order valence-electron chi connectivity index (χ2n) is 4.88. The molecule has 0 fully saturated rings. The van der Waals surface area contributed by atoms with Gasteiger partial charge >= 0.3 is 5.97 Å². The molecule has 3 N–H and O–H groups in total. The van der Waals surface area contributed by atoms with Gasteiger partial charge in [-0.1, -0.05) is 0 Å². The van der Waals surface area contributed by atoms with Crippen LogP contribution >= 0.6 is 0 Å². The molecule has 0 spiro atoms. The third kappa shape index (κ3) is 4.70. The Morgan fingerprint density at radius 2 is 2.25 bits per heavy atom. The van der Waals surface area contributed by atoms with Crippen LogP contribution < -0.4 is 11.1 Å². The van der Waals surface area contributed by atoms with E-state index in [1.807, 2.05) is 0 Å². The summed E-state index contributed by atoms with van der Waals surface area (Å²) >= 11 is 0. The maximum Gasteiger partial charge on any atom is 0.340 e. The summed E-state index contributed by atoms with van der Waals surface area (Å²) < 4.78 is 4.96. The fraction of sp³-hybridized carbons (Fsp3) is 0.571. The number of carbonyl (C=O) groups is 1. The summed E-state index contributed by atoms with van der Waals surface area (Å²) in [5.74, 6) is 0.203. The van der Waals surface area contributed by atoms with Gasteiger partial charge < -0.3 is 20.7 Å². The van der Waals surface area contributed by atoms with Crippen molar-refractivity contribution in [3.8, 4) is 0 Å². The highest BCUT2D eigenvalue weighted by molar-refractivity contribution is 5.95. The second-order valence-corrected chi connectivity index (χ2v) is 4.88. The lowest BCUT2D eigenvalue weighted by Gasteiger charge is -2.21. The summed E-state index contributed by atoms with van der Waals surface area (Å²) in [6.45, 7) is 7.99. The molecule has 6 nitrogen and oxygen atoms in total. The molecule has 0 bridgehead atoms. The SMILES string of the molecule is CCOC(=O)c1cc(NCCN(C)C(C)C)ncc1N. The lowest BCUT2D eigenvalue weighted by molar-refractivity contribution is 0.0527. The van der Waals surface area contributed by atoms with Crippen LogP contribution in [0.25, 0.3) is 0 Å². The molecule has 0 saturated heterocycles. The molecule has 0 radical (unpaired) electrons. The second kappa shape index (κ2) is 7.69. The molecule has 1 heterocycles. The topological polar surface area (TPSA) is 80.5 Å². The van der Waals surface area contributed by atoms with Gasteiger partial charge in [0.2, 0.25) is 0 Å². The Labute approximate surface area is 120 Å². The number of hydrogen-bond acceptors (Lipinski definition) is 6. The molecule has 0 aliphatic rings. The van der Waals surface area contributed by atoms with Crippen LogP contribution in [-0.4, -0.2) is 48.6 Å². The van der Waals surface area contributed by atoms with Crippen molar-refractivity contribution in [3.63, 3.8) is 0 Å². The zero-order chi connectivity index (χ0) is 15.1. The van der Waals surface area contributed by atoms with Gasteiger partial charge in [-0.15, -0.1) is 0 Å². The summed E-state index contributed by atoms with van der Waals surface area (Å²) in [6, 6.07) is 2.12. The number of pyridine rings is 1. The average Bonchev–Trinajstić information content (AvgIpc) is 2.40. The van der Waals surface area contributed by atoms with Crippen LogP contribution in [0, 0.1) is 0 Å².